The molecule has 0 aliphatic carbocycles. The number of unbranched alkanes of at least 4 members (excludes halogenated alkanes) is 1. The lowest BCUT2D eigenvalue weighted by Gasteiger charge is -2.12. The number of hydrogen-bond donors (Lipinski definition) is 1. The van der Waals surface area contributed by atoms with Crippen molar-refractivity contribution >= 4 is 10.2 Å². The molecule has 0 atom stereocenters. The Hall–Kier alpha value is -1.11. The minimum atomic E-state index is -3.30. The summed E-state index contributed by atoms with van der Waals surface area (Å²) in [5.74, 6) is 0.886. The number of nitrogens with one attached hydrogen (secondary N) is 1. The second-order valence-corrected chi connectivity index (χ2v) is 6.42. The summed E-state index contributed by atoms with van der Waals surface area (Å²) in [4.78, 5) is 0. The van der Waals surface area contributed by atoms with Crippen molar-refractivity contribution in [3.8, 4) is 5.75 Å². The minimum absolute atomic E-state index is 0.454. The molecule has 0 heterocycles. The summed E-state index contributed by atoms with van der Waals surface area (Å²) in [6, 6.07) is 7.88. The molecule has 0 spiro atoms. The summed E-state index contributed by atoms with van der Waals surface area (Å²) in [6.45, 7) is 0.454. The quantitative estimate of drug-likeness (QED) is 0.735. The van der Waals surface area contributed by atoms with Gasteiger partial charge in [0.2, 0.25) is 0 Å². The normalized spacial score (nSPS) is 11.8. The average molecular weight is 286 g/mol. The minimum Gasteiger partial charge on any atom is -0.496 e. The van der Waals surface area contributed by atoms with Gasteiger partial charge in [-0.25, -0.2) is 4.72 Å². The van der Waals surface area contributed by atoms with Crippen molar-refractivity contribution in [1.82, 2.24) is 9.03 Å². The molecule has 0 aromatic heterocycles. The van der Waals surface area contributed by atoms with Crippen molar-refractivity contribution in [3.05, 3.63) is 29.8 Å². The molecular formula is C13H22N2O3S. The van der Waals surface area contributed by atoms with Gasteiger partial charge in [0.15, 0.2) is 0 Å². The van der Waals surface area contributed by atoms with E-state index in [1.165, 1.54) is 18.4 Å². The Bertz CT molecular complexity index is 486. The molecule has 0 aliphatic heterocycles. The molecule has 19 heavy (non-hydrogen) atoms. The van der Waals surface area contributed by atoms with Crippen molar-refractivity contribution in [2.45, 2.75) is 19.3 Å². The van der Waals surface area contributed by atoms with E-state index in [9.17, 15) is 8.42 Å². The van der Waals surface area contributed by atoms with Crippen LogP contribution in [-0.2, 0) is 16.6 Å². The average Bonchev–Trinajstić information content (AvgIpc) is 2.38. The van der Waals surface area contributed by atoms with Crippen molar-refractivity contribution in [2.75, 3.05) is 27.7 Å². The number of hydrogen-bond acceptors (Lipinski definition) is 3. The lowest BCUT2D eigenvalue weighted by molar-refractivity contribution is 0.409. The molecule has 1 rings (SSSR count). The number of methoxy groups -OCH3 is 1. The van der Waals surface area contributed by atoms with Crippen LogP contribution in [0, 0.1) is 0 Å². The standard InChI is InChI=1S/C13H22N2O3S/c1-15(2)19(16,17)14-11-7-6-9-12-8-4-5-10-13(12)18-3/h4-5,8,10,14H,6-7,9,11H2,1-3H3. The molecule has 5 nitrogen and oxygen atoms in total. The van der Waals surface area contributed by atoms with Crippen LogP contribution in [0.25, 0.3) is 0 Å². The molecule has 0 aliphatic rings. The van der Waals surface area contributed by atoms with Gasteiger partial charge >= 0.3 is 0 Å². The summed E-state index contributed by atoms with van der Waals surface area (Å²) >= 11 is 0. The van der Waals surface area contributed by atoms with E-state index in [0.717, 1.165) is 30.6 Å². The SMILES string of the molecule is COc1ccccc1CCCCNS(=O)(=O)N(C)C. The molecule has 0 radical (unpaired) electrons. The van der Waals surface area contributed by atoms with Gasteiger partial charge in [0.05, 0.1) is 7.11 Å². The number of ether oxygens (including phenoxy) is 1. The van der Waals surface area contributed by atoms with Gasteiger partial charge < -0.3 is 4.74 Å². The van der Waals surface area contributed by atoms with E-state index in [4.69, 9.17) is 4.74 Å². The van der Waals surface area contributed by atoms with E-state index in [0.29, 0.717) is 6.54 Å². The molecular weight excluding hydrogens is 264 g/mol. The first-order chi connectivity index (χ1) is 8.97. The molecule has 6 heteroatoms. The van der Waals surface area contributed by atoms with Crippen molar-refractivity contribution in [2.24, 2.45) is 0 Å². The summed E-state index contributed by atoms with van der Waals surface area (Å²) < 4.78 is 31.9. The van der Waals surface area contributed by atoms with E-state index in [2.05, 4.69) is 4.72 Å². The zero-order chi connectivity index (χ0) is 14.3. The van der Waals surface area contributed by atoms with Gasteiger partial charge in [-0.05, 0) is 30.9 Å². The monoisotopic (exact) mass is 286 g/mol. The second kappa shape index (κ2) is 7.47. The lowest BCUT2D eigenvalue weighted by Crippen LogP contribution is -2.36. The molecule has 0 bridgehead atoms. The Kier molecular flexibility index (Phi) is 6.27. The molecule has 1 aromatic carbocycles. The highest BCUT2D eigenvalue weighted by Crippen LogP contribution is 2.19. The van der Waals surface area contributed by atoms with Crippen LogP contribution >= 0.6 is 0 Å². The summed E-state index contributed by atoms with van der Waals surface area (Å²) in [5, 5.41) is 0. The topological polar surface area (TPSA) is 58.6 Å². The Morgan fingerprint density at radius 2 is 1.89 bits per heavy atom. The largest absolute Gasteiger partial charge is 0.496 e. The first-order valence-corrected chi connectivity index (χ1v) is 7.70. The first-order valence-electron chi connectivity index (χ1n) is 6.26. The van der Waals surface area contributed by atoms with Gasteiger partial charge in [-0.1, -0.05) is 18.2 Å². The van der Waals surface area contributed by atoms with Crippen LogP contribution < -0.4 is 9.46 Å². The van der Waals surface area contributed by atoms with Crippen LogP contribution in [0.3, 0.4) is 0 Å². The fraction of sp³-hybridized carbons (Fsp3) is 0.538. The molecule has 1 N–H and O–H groups in total. The predicted molar refractivity (Wildman–Crippen MR) is 76.5 cm³/mol. The summed E-state index contributed by atoms with van der Waals surface area (Å²) in [6.07, 6.45) is 2.59. The van der Waals surface area contributed by atoms with E-state index >= 15 is 0 Å². The van der Waals surface area contributed by atoms with E-state index in [-0.39, 0.29) is 0 Å². The fourth-order valence-corrected chi connectivity index (χ4v) is 2.34. The van der Waals surface area contributed by atoms with E-state index < -0.39 is 10.2 Å². The van der Waals surface area contributed by atoms with E-state index in [1.807, 2.05) is 24.3 Å². The van der Waals surface area contributed by atoms with Gasteiger partial charge in [-0.3, -0.25) is 0 Å². The fourth-order valence-electron chi connectivity index (χ4n) is 1.68. The van der Waals surface area contributed by atoms with Crippen LogP contribution in [0.4, 0.5) is 0 Å². The van der Waals surface area contributed by atoms with Crippen LogP contribution in [0.15, 0.2) is 24.3 Å². The number of rotatable bonds is 8. The maximum atomic E-state index is 11.5. The maximum absolute atomic E-state index is 11.5. The van der Waals surface area contributed by atoms with Gasteiger partial charge in [-0.15, -0.1) is 0 Å². The highest BCUT2D eigenvalue weighted by molar-refractivity contribution is 7.87. The highest BCUT2D eigenvalue weighted by atomic mass is 32.2. The van der Waals surface area contributed by atoms with Gasteiger partial charge in [0.1, 0.15) is 5.75 Å². The van der Waals surface area contributed by atoms with Crippen LogP contribution in [0.5, 0.6) is 5.75 Å². The molecule has 108 valence electrons. The molecule has 0 saturated carbocycles. The molecule has 0 amide bonds. The number of aryl methyl sites for hydroxylation is 1. The van der Waals surface area contributed by atoms with E-state index in [1.54, 1.807) is 7.11 Å². The molecule has 0 saturated heterocycles. The predicted octanol–water partition coefficient (Wildman–Crippen LogP) is 1.41. The van der Waals surface area contributed by atoms with Gasteiger partial charge in [0, 0.05) is 20.6 Å². The third-order valence-corrected chi connectivity index (χ3v) is 4.36. The van der Waals surface area contributed by atoms with Gasteiger partial charge in [0.25, 0.3) is 10.2 Å². The number of para-hydroxylation sites is 1. The van der Waals surface area contributed by atoms with Crippen molar-refractivity contribution in [3.63, 3.8) is 0 Å². The van der Waals surface area contributed by atoms with Crippen molar-refractivity contribution in [1.29, 1.82) is 0 Å². The second-order valence-electron chi connectivity index (χ2n) is 4.45. The van der Waals surface area contributed by atoms with Gasteiger partial charge in [-0.2, -0.15) is 12.7 Å². The summed E-state index contributed by atoms with van der Waals surface area (Å²) in [7, 11) is 1.38. The van der Waals surface area contributed by atoms with Crippen LogP contribution in [0.1, 0.15) is 18.4 Å². The molecule has 0 unspecified atom stereocenters. The maximum Gasteiger partial charge on any atom is 0.278 e. The number of benzene rings is 1. The van der Waals surface area contributed by atoms with Crippen LogP contribution in [0.2, 0.25) is 0 Å². The Balaban J connectivity index is 2.32. The Labute approximate surface area is 115 Å². The Morgan fingerprint density at radius 3 is 2.53 bits per heavy atom. The third-order valence-electron chi connectivity index (χ3n) is 2.83. The third kappa shape index (κ3) is 5.18. The zero-order valence-corrected chi connectivity index (χ0v) is 12.5. The lowest BCUT2D eigenvalue weighted by atomic mass is 10.1. The van der Waals surface area contributed by atoms with Crippen molar-refractivity contribution < 1.29 is 13.2 Å². The van der Waals surface area contributed by atoms with Crippen LogP contribution in [-0.4, -0.2) is 40.5 Å². The zero-order valence-electron chi connectivity index (χ0n) is 11.7. The molecule has 1 aromatic rings. The Morgan fingerprint density at radius 1 is 1.21 bits per heavy atom. The summed E-state index contributed by atoms with van der Waals surface area (Å²) in [5.41, 5.74) is 1.15. The smallest absolute Gasteiger partial charge is 0.278 e. The number of nitrogens with zero attached hydrogens (tertiary/aromatic N) is 1. The molecule has 0 fully saturated rings. The first kappa shape index (κ1) is 15.9. The highest BCUT2D eigenvalue weighted by Gasteiger charge is 2.11.